The maximum Gasteiger partial charge on any atom is 0.220 e. The lowest BCUT2D eigenvalue weighted by Crippen LogP contribution is -2.47. The Kier molecular flexibility index (Phi) is 7.27. The number of hydrogen-bond acceptors (Lipinski definition) is 3. The van der Waals surface area contributed by atoms with Crippen molar-refractivity contribution in [1.82, 2.24) is 5.32 Å². The van der Waals surface area contributed by atoms with Gasteiger partial charge in [-0.25, -0.2) is 0 Å². The molecule has 0 radical (unpaired) electrons. The molecule has 0 spiro atoms. The number of carbonyl (C=O) groups excluding carboxylic acids is 1. The summed E-state index contributed by atoms with van der Waals surface area (Å²) in [4.78, 5) is 12.2. The standard InChI is InChI=1S/C15H28N2O2.ClH/c16-11-15(8-4-1-5-9-15)10-14(19)17-12-6-2-3-7-13(12)18;/h12-13,18H,1-11,16H2,(H,17,19);1H/t12-,13-;/m0./s1. The van der Waals surface area contributed by atoms with Crippen molar-refractivity contribution in [2.75, 3.05) is 6.54 Å². The van der Waals surface area contributed by atoms with Gasteiger partial charge in [-0.2, -0.15) is 0 Å². The number of carbonyl (C=O) groups is 1. The van der Waals surface area contributed by atoms with Crippen LogP contribution < -0.4 is 11.1 Å². The van der Waals surface area contributed by atoms with E-state index in [1.165, 1.54) is 19.3 Å². The number of amides is 1. The van der Waals surface area contributed by atoms with Crippen molar-refractivity contribution in [2.45, 2.75) is 76.4 Å². The smallest absolute Gasteiger partial charge is 0.220 e. The van der Waals surface area contributed by atoms with Crippen molar-refractivity contribution in [3.8, 4) is 0 Å². The molecule has 2 fully saturated rings. The average Bonchev–Trinajstić information content (AvgIpc) is 2.42. The molecule has 5 heteroatoms. The predicted molar refractivity (Wildman–Crippen MR) is 82.8 cm³/mol. The van der Waals surface area contributed by atoms with Gasteiger partial charge in [-0.15, -0.1) is 12.4 Å². The summed E-state index contributed by atoms with van der Waals surface area (Å²) in [6.07, 6.45) is 9.86. The van der Waals surface area contributed by atoms with Gasteiger partial charge in [-0.3, -0.25) is 4.79 Å². The van der Waals surface area contributed by atoms with Crippen molar-refractivity contribution in [3.05, 3.63) is 0 Å². The Hall–Kier alpha value is -0.320. The number of aliphatic hydroxyl groups excluding tert-OH is 1. The van der Waals surface area contributed by atoms with Crippen molar-refractivity contribution < 1.29 is 9.90 Å². The fourth-order valence-corrected chi connectivity index (χ4v) is 3.63. The third-order valence-electron chi connectivity index (χ3n) is 4.96. The molecule has 0 saturated heterocycles. The number of hydrogen-bond donors (Lipinski definition) is 3. The first kappa shape index (κ1) is 17.7. The molecule has 0 heterocycles. The molecule has 118 valence electrons. The molecular weight excluding hydrogens is 276 g/mol. The Bertz CT molecular complexity index is 306. The fraction of sp³-hybridized carbons (Fsp3) is 0.933. The third kappa shape index (κ3) is 4.61. The summed E-state index contributed by atoms with van der Waals surface area (Å²) >= 11 is 0. The molecule has 0 aromatic carbocycles. The third-order valence-corrected chi connectivity index (χ3v) is 4.96. The van der Waals surface area contributed by atoms with Crippen molar-refractivity contribution in [3.63, 3.8) is 0 Å². The zero-order chi connectivity index (χ0) is 13.7. The van der Waals surface area contributed by atoms with E-state index in [1.54, 1.807) is 0 Å². The summed E-state index contributed by atoms with van der Waals surface area (Å²) in [5.74, 6) is 0.0818. The number of nitrogens with one attached hydrogen (secondary N) is 1. The molecule has 1 amide bonds. The van der Waals surface area contributed by atoms with Crippen LogP contribution in [0, 0.1) is 5.41 Å². The van der Waals surface area contributed by atoms with Gasteiger partial charge in [0.25, 0.3) is 0 Å². The largest absolute Gasteiger partial charge is 0.391 e. The fourth-order valence-electron chi connectivity index (χ4n) is 3.63. The van der Waals surface area contributed by atoms with Crippen LogP contribution in [0.4, 0.5) is 0 Å². The molecule has 0 unspecified atom stereocenters. The molecule has 0 aromatic heterocycles. The quantitative estimate of drug-likeness (QED) is 0.745. The van der Waals surface area contributed by atoms with Crippen LogP contribution in [0.15, 0.2) is 0 Å². The Balaban J connectivity index is 0.00000200. The highest BCUT2D eigenvalue weighted by Crippen LogP contribution is 2.38. The summed E-state index contributed by atoms with van der Waals surface area (Å²) in [6.45, 7) is 0.605. The summed E-state index contributed by atoms with van der Waals surface area (Å²) in [5.41, 5.74) is 5.93. The molecule has 2 rings (SSSR count). The first-order valence-electron chi connectivity index (χ1n) is 7.83. The van der Waals surface area contributed by atoms with E-state index in [-0.39, 0.29) is 35.9 Å². The predicted octanol–water partition coefficient (Wildman–Crippen LogP) is 2.13. The van der Waals surface area contributed by atoms with Gasteiger partial charge < -0.3 is 16.2 Å². The minimum absolute atomic E-state index is 0. The van der Waals surface area contributed by atoms with E-state index in [2.05, 4.69) is 5.32 Å². The van der Waals surface area contributed by atoms with Gasteiger partial charge >= 0.3 is 0 Å². The summed E-state index contributed by atoms with van der Waals surface area (Å²) in [5, 5.41) is 12.9. The van der Waals surface area contributed by atoms with Crippen LogP contribution in [0.1, 0.15) is 64.2 Å². The van der Waals surface area contributed by atoms with E-state index in [4.69, 9.17) is 5.73 Å². The molecule has 0 bridgehead atoms. The van der Waals surface area contributed by atoms with Gasteiger partial charge in [0.05, 0.1) is 12.1 Å². The zero-order valence-electron chi connectivity index (χ0n) is 12.3. The second-order valence-corrected chi connectivity index (χ2v) is 6.47. The normalized spacial score (nSPS) is 29.3. The molecule has 20 heavy (non-hydrogen) atoms. The van der Waals surface area contributed by atoms with Gasteiger partial charge in [0.1, 0.15) is 0 Å². The van der Waals surface area contributed by atoms with E-state index >= 15 is 0 Å². The van der Waals surface area contributed by atoms with Crippen molar-refractivity contribution in [2.24, 2.45) is 11.1 Å². The van der Waals surface area contributed by atoms with Gasteiger partial charge in [0, 0.05) is 6.42 Å². The molecule has 0 aromatic rings. The first-order chi connectivity index (χ1) is 9.15. The monoisotopic (exact) mass is 304 g/mol. The average molecular weight is 305 g/mol. The SMILES string of the molecule is Cl.NCC1(CC(=O)N[C@H]2CCCC[C@@H]2O)CCCCC1. The topological polar surface area (TPSA) is 75.4 Å². The summed E-state index contributed by atoms with van der Waals surface area (Å²) in [7, 11) is 0. The number of nitrogens with two attached hydrogens (primary N) is 1. The van der Waals surface area contributed by atoms with Crippen LogP contribution in [0.25, 0.3) is 0 Å². The molecule has 2 atom stereocenters. The van der Waals surface area contributed by atoms with Crippen LogP contribution >= 0.6 is 12.4 Å². The lowest BCUT2D eigenvalue weighted by molar-refractivity contribution is -0.125. The van der Waals surface area contributed by atoms with Crippen LogP contribution in [0.2, 0.25) is 0 Å². The van der Waals surface area contributed by atoms with Gasteiger partial charge in [0.15, 0.2) is 0 Å². The van der Waals surface area contributed by atoms with E-state index < -0.39 is 0 Å². The Labute approximate surface area is 128 Å². The highest BCUT2D eigenvalue weighted by atomic mass is 35.5. The molecule has 0 aliphatic heterocycles. The van der Waals surface area contributed by atoms with Crippen LogP contribution in [0.3, 0.4) is 0 Å². The number of rotatable bonds is 4. The lowest BCUT2D eigenvalue weighted by Gasteiger charge is -2.36. The number of halogens is 1. The molecule has 4 N–H and O–H groups in total. The minimum Gasteiger partial charge on any atom is -0.391 e. The maximum absolute atomic E-state index is 12.2. The second-order valence-electron chi connectivity index (χ2n) is 6.47. The first-order valence-corrected chi connectivity index (χ1v) is 7.83. The Morgan fingerprint density at radius 3 is 2.40 bits per heavy atom. The Morgan fingerprint density at radius 1 is 1.15 bits per heavy atom. The van der Waals surface area contributed by atoms with E-state index in [0.717, 1.165) is 38.5 Å². The molecule has 4 nitrogen and oxygen atoms in total. The van der Waals surface area contributed by atoms with Gasteiger partial charge in [-0.05, 0) is 37.6 Å². The van der Waals surface area contributed by atoms with Crippen molar-refractivity contribution >= 4 is 18.3 Å². The highest BCUT2D eigenvalue weighted by Gasteiger charge is 2.34. The molecule has 2 aliphatic carbocycles. The molecule has 2 aliphatic rings. The van der Waals surface area contributed by atoms with Gasteiger partial charge in [0.2, 0.25) is 5.91 Å². The van der Waals surface area contributed by atoms with Crippen LogP contribution in [0.5, 0.6) is 0 Å². The van der Waals surface area contributed by atoms with E-state index in [0.29, 0.717) is 13.0 Å². The molecular formula is C15H29ClN2O2. The second kappa shape index (κ2) is 8.20. The highest BCUT2D eigenvalue weighted by molar-refractivity contribution is 5.85. The van der Waals surface area contributed by atoms with E-state index in [9.17, 15) is 9.90 Å². The van der Waals surface area contributed by atoms with Crippen LogP contribution in [-0.4, -0.2) is 29.7 Å². The van der Waals surface area contributed by atoms with E-state index in [1.807, 2.05) is 0 Å². The maximum atomic E-state index is 12.2. The van der Waals surface area contributed by atoms with Gasteiger partial charge in [-0.1, -0.05) is 32.1 Å². The minimum atomic E-state index is -0.363. The summed E-state index contributed by atoms with van der Waals surface area (Å²) < 4.78 is 0. The van der Waals surface area contributed by atoms with Crippen molar-refractivity contribution in [1.29, 1.82) is 0 Å². The number of aliphatic hydroxyl groups is 1. The molecule has 2 saturated carbocycles. The lowest BCUT2D eigenvalue weighted by atomic mass is 9.71. The van der Waals surface area contributed by atoms with Crippen LogP contribution in [-0.2, 0) is 4.79 Å². The summed E-state index contributed by atoms with van der Waals surface area (Å²) in [6, 6.07) is -0.0420. The Morgan fingerprint density at radius 2 is 1.80 bits per heavy atom. The zero-order valence-corrected chi connectivity index (χ0v) is 13.1.